The highest BCUT2D eigenvalue weighted by atomic mass is 32.2. The molecule has 0 saturated heterocycles. The number of aromatic hydroxyl groups is 1. The summed E-state index contributed by atoms with van der Waals surface area (Å²) in [7, 11) is -2.01. The lowest BCUT2D eigenvalue weighted by molar-refractivity contribution is 0.208. The maximum atomic E-state index is 12.9. The van der Waals surface area contributed by atoms with Crippen LogP contribution < -0.4 is 10.6 Å². The van der Waals surface area contributed by atoms with Crippen molar-refractivity contribution in [3.05, 3.63) is 89.0 Å². The first-order valence-corrected chi connectivity index (χ1v) is 12.4. The number of nitrogens with zero attached hydrogens (tertiary/aromatic N) is 1. The molecule has 0 aromatic heterocycles. The Labute approximate surface area is 194 Å². The molecule has 4 rings (SSSR count). The van der Waals surface area contributed by atoms with Gasteiger partial charge in [0.1, 0.15) is 5.75 Å². The number of urea groups is 1. The first kappa shape index (κ1) is 22.8. The van der Waals surface area contributed by atoms with Gasteiger partial charge in [-0.15, -0.1) is 0 Å². The second-order valence-electron chi connectivity index (χ2n) is 8.27. The van der Waals surface area contributed by atoms with Crippen LogP contribution in [0.15, 0.2) is 71.6 Å². The van der Waals surface area contributed by atoms with E-state index in [1.807, 2.05) is 55.5 Å². The lowest BCUT2D eigenvalue weighted by Crippen LogP contribution is -2.33. The molecular weight excluding hydrogens is 438 g/mol. The second kappa shape index (κ2) is 9.25. The summed E-state index contributed by atoms with van der Waals surface area (Å²) < 4.78 is 25.8. The van der Waals surface area contributed by atoms with Crippen LogP contribution in [0, 0.1) is 0 Å². The van der Waals surface area contributed by atoms with Gasteiger partial charge in [0.15, 0.2) is 9.84 Å². The fourth-order valence-corrected chi connectivity index (χ4v) is 5.24. The highest BCUT2D eigenvalue weighted by molar-refractivity contribution is 7.90. The number of hydrogen-bond acceptors (Lipinski definition) is 5. The number of rotatable bonds is 6. The average molecular weight is 466 g/mol. The Kier molecular flexibility index (Phi) is 6.40. The van der Waals surface area contributed by atoms with Crippen molar-refractivity contribution in [3.63, 3.8) is 0 Å². The van der Waals surface area contributed by atoms with E-state index in [4.69, 9.17) is 0 Å². The zero-order valence-corrected chi connectivity index (χ0v) is 19.4. The van der Waals surface area contributed by atoms with E-state index in [1.165, 1.54) is 28.7 Å². The standard InChI is InChI=1S/C25H27N3O4S/c1-17(19-6-4-3-5-7-19)28(2)25(30)27-23-11-10-22(13-24(23)29)33(31,32)16-18-8-9-20-14-26-15-21(20)12-18/h3-13,17,26,29H,14-16H2,1-2H3,(H,27,30). The molecule has 7 nitrogen and oxygen atoms in total. The molecule has 33 heavy (non-hydrogen) atoms. The number of nitrogens with one attached hydrogen (secondary N) is 2. The van der Waals surface area contributed by atoms with Crippen LogP contribution in [0.2, 0.25) is 0 Å². The average Bonchev–Trinajstić information content (AvgIpc) is 3.27. The molecule has 3 aromatic rings. The van der Waals surface area contributed by atoms with Crippen molar-refractivity contribution in [2.45, 2.75) is 36.7 Å². The molecule has 8 heteroatoms. The maximum absolute atomic E-state index is 12.9. The molecule has 1 atom stereocenters. The molecule has 0 bridgehead atoms. The quantitative estimate of drug-likeness (QED) is 0.474. The number of anilines is 1. The van der Waals surface area contributed by atoms with Gasteiger partial charge in [-0.1, -0.05) is 48.5 Å². The van der Waals surface area contributed by atoms with Crippen LogP contribution in [0.1, 0.15) is 35.2 Å². The van der Waals surface area contributed by atoms with Gasteiger partial charge in [0, 0.05) is 26.2 Å². The van der Waals surface area contributed by atoms with Crippen molar-refractivity contribution in [1.29, 1.82) is 0 Å². The molecule has 1 aliphatic heterocycles. The third-order valence-electron chi connectivity index (χ3n) is 6.01. The van der Waals surface area contributed by atoms with Gasteiger partial charge in [-0.2, -0.15) is 0 Å². The molecular formula is C25H27N3O4S. The Morgan fingerprint density at radius 2 is 1.79 bits per heavy atom. The van der Waals surface area contributed by atoms with E-state index >= 15 is 0 Å². The third kappa shape index (κ3) is 5.02. The van der Waals surface area contributed by atoms with Crippen LogP contribution in [-0.2, 0) is 28.7 Å². The summed E-state index contributed by atoms with van der Waals surface area (Å²) in [5, 5.41) is 16.3. The van der Waals surface area contributed by atoms with E-state index in [2.05, 4.69) is 10.6 Å². The molecule has 0 aliphatic carbocycles. The Morgan fingerprint density at radius 3 is 2.52 bits per heavy atom. The van der Waals surface area contributed by atoms with E-state index in [0.717, 1.165) is 24.2 Å². The van der Waals surface area contributed by atoms with E-state index < -0.39 is 15.9 Å². The minimum atomic E-state index is -3.67. The van der Waals surface area contributed by atoms with Gasteiger partial charge in [0.25, 0.3) is 0 Å². The number of sulfone groups is 1. The lowest BCUT2D eigenvalue weighted by atomic mass is 10.1. The number of carbonyl (C=O) groups is 1. The van der Waals surface area contributed by atoms with Crippen molar-refractivity contribution < 1.29 is 18.3 Å². The van der Waals surface area contributed by atoms with Crippen LogP contribution in [0.5, 0.6) is 5.75 Å². The number of phenols is 1. The zero-order valence-electron chi connectivity index (χ0n) is 18.6. The molecule has 0 fully saturated rings. The first-order valence-electron chi connectivity index (χ1n) is 10.7. The molecule has 1 unspecified atom stereocenters. The van der Waals surface area contributed by atoms with Gasteiger partial charge in [-0.3, -0.25) is 0 Å². The summed E-state index contributed by atoms with van der Waals surface area (Å²) in [4.78, 5) is 14.2. The first-order chi connectivity index (χ1) is 15.7. The van der Waals surface area contributed by atoms with Crippen LogP contribution in [0.25, 0.3) is 0 Å². The van der Waals surface area contributed by atoms with Crippen molar-refractivity contribution in [2.75, 3.05) is 12.4 Å². The minimum absolute atomic E-state index is 0.00244. The summed E-state index contributed by atoms with van der Waals surface area (Å²) in [6.07, 6.45) is 0. The second-order valence-corrected chi connectivity index (χ2v) is 10.3. The molecule has 0 radical (unpaired) electrons. The zero-order chi connectivity index (χ0) is 23.6. The summed E-state index contributed by atoms with van der Waals surface area (Å²) in [5.74, 6) is -0.466. The number of benzene rings is 3. The fourth-order valence-electron chi connectivity index (χ4n) is 3.89. The summed E-state index contributed by atoms with van der Waals surface area (Å²) in [5.41, 5.74) is 4.11. The van der Waals surface area contributed by atoms with Gasteiger partial charge in [0.2, 0.25) is 0 Å². The molecule has 0 spiro atoms. The normalized spacial score (nSPS) is 13.9. The van der Waals surface area contributed by atoms with Crippen molar-refractivity contribution in [1.82, 2.24) is 10.2 Å². The number of amides is 2. The van der Waals surface area contributed by atoms with E-state index in [-0.39, 0.29) is 28.1 Å². The fraction of sp³-hybridized carbons (Fsp3) is 0.240. The maximum Gasteiger partial charge on any atom is 0.322 e. The number of phenolic OH excluding ortho intramolecular Hbond substituents is 1. The largest absolute Gasteiger partial charge is 0.506 e. The number of hydrogen-bond donors (Lipinski definition) is 3. The molecule has 3 N–H and O–H groups in total. The smallest absolute Gasteiger partial charge is 0.322 e. The summed E-state index contributed by atoms with van der Waals surface area (Å²) in [6.45, 7) is 3.43. The minimum Gasteiger partial charge on any atom is -0.506 e. The molecule has 2 amide bonds. The molecule has 1 aliphatic rings. The highest BCUT2D eigenvalue weighted by Gasteiger charge is 2.21. The van der Waals surface area contributed by atoms with Crippen LogP contribution in [-0.4, -0.2) is 31.5 Å². The van der Waals surface area contributed by atoms with Crippen LogP contribution >= 0.6 is 0 Å². The van der Waals surface area contributed by atoms with Crippen molar-refractivity contribution in [2.24, 2.45) is 0 Å². The van der Waals surface area contributed by atoms with Crippen LogP contribution in [0.4, 0.5) is 10.5 Å². The number of carbonyl (C=O) groups excluding carboxylic acids is 1. The van der Waals surface area contributed by atoms with Gasteiger partial charge in [-0.05, 0) is 41.3 Å². The Balaban J connectivity index is 1.46. The van der Waals surface area contributed by atoms with Gasteiger partial charge < -0.3 is 20.6 Å². The lowest BCUT2D eigenvalue weighted by Gasteiger charge is -2.25. The SMILES string of the molecule is CC(c1ccccc1)N(C)C(=O)Nc1ccc(S(=O)(=O)Cc2ccc3c(c2)CNC3)cc1O. The number of fused-ring (bicyclic) bond motifs is 1. The van der Waals surface area contributed by atoms with Gasteiger partial charge >= 0.3 is 6.03 Å². The topological polar surface area (TPSA) is 98.7 Å². The van der Waals surface area contributed by atoms with E-state index in [1.54, 1.807) is 7.05 Å². The Morgan fingerprint density at radius 1 is 1.06 bits per heavy atom. The molecule has 1 heterocycles. The van der Waals surface area contributed by atoms with Crippen LogP contribution in [0.3, 0.4) is 0 Å². The molecule has 0 saturated carbocycles. The predicted molar refractivity (Wildman–Crippen MR) is 128 cm³/mol. The Hall–Kier alpha value is -3.36. The van der Waals surface area contributed by atoms with E-state index in [0.29, 0.717) is 5.56 Å². The van der Waals surface area contributed by atoms with Crippen molar-refractivity contribution >= 4 is 21.6 Å². The van der Waals surface area contributed by atoms with E-state index in [9.17, 15) is 18.3 Å². The van der Waals surface area contributed by atoms with Gasteiger partial charge in [-0.25, -0.2) is 13.2 Å². The molecule has 172 valence electrons. The third-order valence-corrected chi connectivity index (χ3v) is 7.70. The summed E-state index contributed by atoms with van der Waals surface area (Å²) in [6, 6.07) is 18.7. The predicted octanol–water partition coefficient (Wildman–Crippen LogP) is 4.19. The summed E-state index contributed by atoms with van der Waals surface area (Å²) >= 11 is 0. The molecule has 3 aromatic carbocycles. The highest BCUT2D eigenvalue weighted by Crippen LogP contribution is 2.29. The monoisotopic (exact) mass is 465 g/mol. The Bertz CT molecular complexity index is 1280. The van der Waals surface area contributed by atoms with Crippen molar-refractivity contribution in [3.8, 4) is 5.75 Å². The van der Waals surface area contributed by atoms with Gasteiger partial charge in [0.05, 0.1) is 22.4 Å².